The van der Waals surface area contributed by atoms with E-state index in [0.29, 0.717) is 0 Å². The largest absolute Gasteiger partial charge is 0.303 e. The summed E-state index contributed by atoms with van der Waals surface area (Å²) in [5.74, 6) is -0.835. The van der Waals surface area contributed by atoms with Gasteiger partial charge in [0.05, 0.1) is 4.90 Å². The topological polar surface area (TPSA) is 68.3 Å². The second kappa shape index (κ2) is 5.40. The molecule has 0 saturated carbocycles. The normalized spacial score (nSPS) is 20.0. The van der Waals surface area contributed by atoms with Crippen LogP contribution >= 0.6 is 0 Å². The lowest BCUT2D eigenvalue weighted by atomic mass is 9.98. The van der Waals surface area contributed by atoms with Crippen LogP contribution in [0.15, 0.2) is 65.6 Å². The number of fused-ring (bicyclic) bond motifs is 4. The van der Waals surface area contributed by atoms with Crippen LogP contribution in [-0.4, -0.2) is 19.3 Å². The molecule has 0 aromatic heterocycles. The molecule has 6 heteroatoms. The maximum atomic E-state index is 12.3. The summed E-state index contributed by atoms with van der Waals surface area (Å²) in [5.41, 5.74) is 0.0839. The van der Waals surface area contributed by atoms with Crippen LogP contribution < -0.4 is 0 Å². The van der Waals surface area contributed by atoms with Crippen LogP contribution in [0.5, 0.6) is 0 Å². The molecule has 2 atom stereocenters. The molecule has 0 N–H and O–H groups in total. The fourth-order valence-electron chi connectivity index (χ4n) is 3.37. The first kappa shape index (κ1) is 15.5. The van der Waals surface area contributed by atoms with E-state index < -0.39 is 30.6 Å². The third-order valence-corrected chi connectivity index (χ3v) is 7.93. The van der Waals surface area contributed by atoms with Gasteiger partial charge in [0, 0.05) is 5.56 Å². The first-order valence-electron chi connectivity index (χ1n) is 7.86. The van der Waals surface area contributed by atoms with Crippen molar-refractivity contribution in [1.29, 1.82) is 0 Å². The van der Waals surface area contributed by atoms with Crippen LogP contribution in [0.1, 0.15) is 10.4 Å². The fourth-order valence-corrected chi connectivity index (χ4v) is 6.03. The monoisotopic (exact) mass is 378 g/mol. The lowest BCUT2D eigenvalue weighted by Crippen LogP contribution is -2.28. The van der Waals surface area contributed by atoms with Gasteiger partial charge in [-0.1, -0.05) is 24.3 Å². The Hall–Kier alpha value is -2.70. The molecular weight excluding hydrogens is 368 g/mol. The lowest BCUT2D eigenvalue weighted by molar-refractivity contribution is -0.107. The molecule has 1 aliphatic rings. The summed E-state index contributed by atoms with van der Waals surface area (Å²) in [7, 11) is -4.35. The van der Waals surface area contributed by atoms with Gasteiger partial charge < -0.3 is 0 Å². The van der Waals surface area contributed by atoms with Gasteiger partial charge in [-0.25, -0.2) is 8.42 Å². The summed E-state index contributed by atoms with van der Waals surface area (Å²) >= 11 is 0. The van der Waals surface area contributed by atoms with Crippen molar-refractivity contribution in [3.05, 3.63) is 66.2 Å². The highest BCUT2D eigenvalue weighted by Gasteiger charge is 2.37. The highest BCUT2D eigenvalue weighted by atomic mass is 33.1. The van der Waals surface area contributed by atoms with E-state index in [4.69, 9.17) is 0 Å². The summed E-state index contributed by atoms with van der Waals surface area (Å²) in [5, 5.41) is 4.72. The molecule has 26 heavy (non-hydrogen) atoms. The number of Topliss-reactive ketones (excluding diaryl/α,β-unsaturated/α-hetero) is 1. The van der Waals surface area contributed by atoms with E-state index in [1.165, 1.54) is 0 Å². The maximum absolute atomic E-state index is 12.3. The zero-order valence-electron chi connectivity index (χ0n) is 13.2. The molecule has 126 valence electrons. The Bertz CT molecular complexity index is 1250. The molecule has 2 unspecified atom stereocenters. The first-order chi connectivity index (χ1) is 12.5. The van der Waals surface area contributed by atoms with Gasteiger partial charge in [-0.3, -0.25) is 9.59 Å². The molecule has 0 radical (unpaired) electrons. The quantitative estimate of drug-likeness (QED) is 0.266. The summed E-state index contributed by atoms with van der Waals surface area (Å²) in [4.78, 5) is 24.1. The summed E-state index contributed by atoms with van der Waals surface area (Å²) < 4.78 is 24.1. The van der Waals surface area contributed by atoms with Crippen molar-refractivity contribution in [2.75, 3.05) is 0 Å². The maximum Gasteiger partial charge on any atom is 0.303 e. The minimum Gasteiger partial charge on any atom is -0.284 e. The number of carbonyl (C=O) groups excluding carboxylic acids is 2. The number of hydrogen-bond acceptors (Lipinski definition) is 4. The van der Waals surface area contributed by atoms with Crippen LogP contribution in [0, 0.1) is 0 Å². The Labute approximate surface area is 152 Å². The Morgan fingerprint density at radius 3 is 1.69 bits per heavy atom. The van der Waals surface area contributed by atoms with Crippen LogP contribution in [-0.2, 0) is 24.5 Å². The summed E-state index contributed by atoms with van der Waals surface area (Å²) in [6.07, 6.45) is 0. The van der Waals surface area contributed by atoms with E-state index in [0.717, 1.165) is 32.3 Å². The molecule has 0 aliphatic carbocycles. The average Bonchev–Trinajstić information content (AvgIpc) is 2.66. The van der Waals surface area contributed by atoms with Crippen LogP contribution in [0.2, 0.25) is 0 Å². The van der Waals surface area contributed by atoms with E-state index in [1.807, 2.05) is 36.4 Å². The van der Waals surface area contributed by atoms with Crippen LogP contribution in [0.3, 0.4) is 0 Å². The number of benzene rings is 4. The van der Waals surface area contributed by atoms with Crippen molar-refractivity contribution in [2.45, 2.75) is 4.90 Å². The molecule has 0 saturated heterocycles. The van der Waals surface area contributed by atoms with Gasteiger partial charge in [0.25, 0.3) is 0 Å². The molecule has 5 rings (SSSR count). The summed E-state index contributed by atoms with van der Waals surface area (Å²) in [6, 6.07) is 19.3. The molecule has 4 nitrogen and oxygen atoms in total. The Kier molecular flexibility index (Phi) is 3.23. The van der Waals surface area contributed by atoms with Gasteiger partial charge in [0.15, 0.2) is 19.7 Å². The molecule has 0 amide bonds. The molecule has 4 aromatic rings. The Morgan fingerprint density at radius 1 is 0.577 bits per heavy atom. The Balaban J connectivity index is 1.86. The van der Waals surface area contributed by atoms with E-state index in [2.05, 4.69) is 12.1 Å². The van der Waals surface area contributed by atoms with Gasteiger partial charge >= 0.3 is 5.12 Å². The van der Waals surface area contributed by atoms with Gasteiger partial charge in [0.1, 0.15) is 0 Å². The minimum atomic E-state index is -2.33. The number of carbonyl (C=O) groups is 2. The van der Waals surface area contributed by atoms with Crippen molar-refractivity contribution in [1.82, 2.24) is 0 Å². The second-order valence-electron chi connectivity index (χ2n) is 6.18. The van der Waals surface area contributed by atoms with E-state index in [1.54, 1.807) is 12.1 Å². The lowest BCUT2D eigenvalue weighted by Gasteiger charge is -2.14. The highest BCUT2D eigenvalue weighted by molar-refractivity contribution is 8.67. The molecular formula is C20H10O4S2. The number of hydrogen-bond donors (Lipinski definition) is 0. The van der Waals surface area contributed by atoms with E-state index in [9.17, 15) is 18.0 Å². The standard InChI is InChI=1S/C20H10O4S2/c21-19-17-9-15-7-13-5-11-3-1-2-4-12(11)6-14(13)8-16(15)10-18(17)25(23)26(24)20(19)22/h1-10H. The van der Waals surface area contributed by atoms with Gasteiger partial charge in [-0.05, 0) is 68.7 Å². The van der Waals surface area contributed by atoms with Gasteiger partial charge in [-0.15, -0.1) is 0 Å². The smallest absolute Gasteiger partial charge is 0.284 e. The van der Waals surface area contributed by atoms with E-state index in [-0.39, 0.29) is 10.5 Å². The van der Waals surface area contributed by atoms with Crippen molar-refractivity contribution >= 4 is 62.9 Å². The molecule has 0 spiro atoms. The Morgan fingerprint density at radius 2 is 1.08 bits per heavy atom. The molecule has 0 bridgehead atoms. The predicted octanol–water partition coefficient (Wildman–Crippen LogP) is 3.64. The average molecular weight is 378 g/mol. The zero-order valence-corrected chi connectivity index (χ0v) is 14.9. The molecule has 1 heterocycles. The van der Waals surface area contributed by atoms with Crippen LogP contribution in [0.25, 0.3) is 32.3 Å². The first-order valence-corrected chi connectivity index (χ1v) is 10.7. The van der Waals surface area contributed by atoms with Crippen molar-refractivity contribution in [3.8, 4) is 0 Å². The van der Waals surface area contributed by atoms with Crippen molar-refractivity contribution in [3.63, 3.8) is 0 Å². The van der Waals surface area contributed by atoms with Crippen molar-refractivity contribution < 1.29 is 18.0 Å². The predicted molar refractivity (Wildman–Crippen MR) is 103 cm³/mol. The van der Waals surface area contributed by atoms with Gasteiger partial charge in [0.2, 0.25) is 5.78 Å². The molecule has 1 aliphatic heterocycles. The molecule has 4 aromatic carbocycles. The molecule has 0 fully saturated rings. The third kappa shape index (κ3) is 2.12. The highest BCUT2D eigenvalue weighted by Crippen LogP contribution is 2.32. The minimum absolute atomic E-state index is 0.0839. The second-order valence-corrected chi connectivity index (χ2v) is 9.75. The zero-order chi connectivity index (χ0) is 18.0. The third-order valence-electron chi connectivity index (χ3n) is 4.66. The number of ketones is 1. The van der Waals surface area contributed by atoms with Crippen molar-refractivity contribution in [2.24, 2.45) is 0 Å². The number of rotatable bonds is 0. The SMILES string of the molecule is O=C1C(=O)S(=O)S(=O)c2cc3cc4cc5ccccc5cc4cc3cc21. The van der Waals surface area contributed by atoms with E-state index >= 15 is 0 Å². The van der Waals surface area contributed by atoms with Crippen LogP contribution in [0.4, 0.5) is 0 Å². The van der Waals surface area contributed by atoms with Gasteiger partial charge in [-0.2, -0.15) is 0 Å². The fraction of sp³-hybridized carbons (Fsp3) is 0. The summed E-state index contributed by atoms with van der Waals surface area (Å²) in [6.45, 7) is 0.